The van der Waals surface area contributed by atoms with Gasteiger partial charge in [-0.2, -0.15) is 0 Å². The highest BCUT2D eigenvalue weighted by Gasteiger charge is 2.19. The van der Waals surface area contributed by atoms with Gasteiger partial charge in [-0.05, 0) is 24.8 Å². The quantitative estimate of drug-likeness (QED) is 0.835. The Morgan fingerprint density at radius 2 is 2.25 bits per heavy atom. The molecule has 90 valence electrons. The molecule has 0 saturated carbocycles. The van der Waals surface area contributed by atoms with Crippen molar-refractivity contribution in [2.75, 3.05) is 26.2 Å². The third-order valence-electron chi connectivity index (χ3n) is 3.28. The number of nitrogens with two attached hydrogens (primary N) is 1. The molecule has 2 atom stereocenters. The van der Waals surface area contributed by atoms with Crippen molar-refractivity contribution in [2.24, 2.45) is 5.73 Å². The lowest BCUT2D eigenvalue weighted by atomic mass is 10.1. The zero-order valence-corrected chi connectivity index (χ0v) is 10.7. The molecule has 16 heavy (non-hydrogen) atoms. The number of hydrogen-bond acceptors (Lipinski definition) is 4. The van der Waals surface area contributed by atoms with E-state index in [1.165, 1.54) is 4.88 Å². The van der Waals surface area contributed by atoms with E-state index in [9.17, 15) is 0 Å². The molecule has 4 heteroatoms. The van der Waals surface area contributed by atoms with E-state index in [2.05, 4.69) is 34.7 Å². The van der Waals surface area contributed by atoms with Crippen LogP contribution in [0.5, 0.6) is 0 Å². The minimum absolute atomic E-state index is 0.199. The highest BCUT2D eigenvalue weighted by Crippen LogP contribution is 2.22. The number of rotatable bonds is 4. The maximum absolute atomic E-state index is 6.22. The van der Waals surface area contributed by atoms with Gasteiger partial charge in [0.1, 0.15) is 0 Å². The molecule has 0 aliphatic carbocycles. The Labute approximate surface area is 102 Å². The molecule has 1 aliphatic heterocycles. The van der Waals surface area contributed by atoms with Gasteiger partial charge in [0.25, 0.3) is 0 Å². The van der Waals surface area contributed by atoms with Gasteiger partial charge < -0.3 is 11.1 Å². The van der Waals surface area contributed by atoms with Crippen molar-refractivity contribution in [1.29, 1.82) is 0 Å². The fourth-order valence-electron chi connectivity index (χ4n) is 2.26. The monoisotopic (exact) mass is 239 g/mol. The van der Waals surface area contributed by atoms with Gasteiger partial charge in [0.2, 0.25) is 0 Å². The standard InChI is InChI=1S/C12H21N3S/c1-10(15-6-4-14-5-7-15)9-11(13)12-3-2-8-16-12/h2-3,8,10-11,14H,4-7,9,13H2,1H3. The Morgan fingerprint density at radius 1 is 1.50 bits per heavy atom. The molecule has 1 aromatic heterocycles. The van der Waals surface area contributed by atoms with Crippen molar-refractivity contribution < 1.29 is 0 Å². The molecular formula is C12H21N3S. The SMILES string of the molecule is CC(CC(N)c1cccs1)N1CCNCC1. The van der Waals surface area contributed by atoms with Gasteiger partial charge in [-0.1, -0.05) is 6.07 Å². The Balaban J connectivity index is 1.84. The summed E-state index contributed by atoms with van der Waals surface area (Å²) in [5.74, 6) is 0. The lowest BCUT2D eigenvalue weighted by molar-refractivity contribution is 0.170. The Kier molecular flexibility index (Phi) is 4.35. The first kappa shape index (κ1) is 12.0. The average Bonchev–Trinajstić information content (AvgIpc) is 2.83. The number of piperazine rings is 1. The van der Waals surface area contributed by atoms with Gasteiger partial charge in [0.15, 0.2) is 0 Å². The smallest absolute Gasteiger partial charge is 0.0404 e. The van der Waals surface area contributed by atoms with Crippen LogP contribution in [-0.2, 0) is 0 Å². The lowest BCUT2D eigenvalue weighted by Gasteiger charge is -2.33. The molecule has 0 radical (unpaired) electrons. The second-order valence-electron chi connectivity index (χ2n) is 4.49. The Morgan fingerprint density at radius 3 is 2.88 bits per heavy atom. The summed E-state index contributed by atoms with van der Waals surface area (Å²) >= 11 is 1.76. The van der Waals surface area contributed by atoms with Gasteiger partial charge in [-0.25, -0.2) is 0 Å². The maximum atomic E-state index is 6.22. The van der Waals surface area contributed by atoms with Gasteiger partial charge in [0, 0.05) is 43.1 Å². The summed E-state index contributed by atoms with van der Waals surface area (Å²) in [5, 5.41) is 5.48. The van der Waals surface area contributed by atoms with Crippen molar-refractivity contribution in [2.45, 2.75) is 25.4 Å². The fraction of sp³-hybridized carbons (Fsp3) is 0.667. The van der Waals surface area contributed by atoms with Gasteiger partial charge in [0.05, 0.1) is 0 Å². The number of nitrogens with zero attached hydrogens (tertiary/aromatic N) is 1. The van der Waals surface area contributed by atoms with Crippen LogP contribution in [0, 0.1) is 0 Å². The summed E-state index contributed by atoms with van der Waals surface area (Å²) in [6.07, 6.45) is 1.06. The predicted octanol–water partition coefficient (Wildman–Crippen LogP) is 1.43. The molecule has 0 spiro atoms. The predicted molar refractivity (Wildman–Crippen MR) is 69.8 cm³/mol. The van der Waals surface area contributed by atoms with Gasteiger partial charge >= 0.3 is 0 Å². The van der Waals surface area contributed by atoms with Gasteiger partial charge in [-0.15, -0.1) is 11.3 Å². The van der Waals surface area contributed by atoms with E-state index in [0.717, 1.165) is 32.6 Å². The van der Waals surface area contributed by atoms with Crippen LogP contribution in [0.15, 0.2) is 17.5 Å². The Hall–Kier alpha value is -0.420. The molecule has 1 fully saturated rings. The largest absolute Gasteiger partial charge is 0.323 e. The second-order valence-corrected chi connectivity index (χ2v) is 5.47. The molecule has 2 unspecified atom stereocenters. The van der Waals surface area contributed by atoms with E-state index in [-0.39, 0.29) is 6.04 Å². The summed E-state index contributed by atoms with van der Waals surface area (Å²) in [6, 6.07) is 5.00. The van der Waals surface area contributed by atoms with E-state index in [0.29, 0.717) is 6.04 Å². The van der Waals surface area contributed by atoms with Crippen LogP contribution >= 0.6 is 11.3 Å². The van der Waals surface area contributed by atoms with Crippen LogP contribution in [0.25, 0.3) is 0 Å². The Bertz CT molecular complexity index is 293. The molecule has 1 aromatic rings. The van der Waals surface area contributed by atoms with E-state index in [4.69, 9.17) is 5.73 Å². The van der Waals surface area contributed by atoms with Gasteiger partial charge in [-0.3, -0.25) is 4.90 Å². The topological polar surface area (TPSA) is 41.3 Å². The highest BCUT2D eigenvalue weighted by molar-refractivity contribution is 7.10. The highest BCUT2D eigenvalue weighted by atomic mass is 32.1. The first-order valence-electron chi connectivity index (χ1n) is 6.01. The first-order chi connectivity index (χ1) is 7.77. The minimum Gasteiger partial charge on any atom is -0.323 e. The first-order valence-corrected chi connectivity index (χ1v) is 6.89. The summed E-state index contributed by atoms with van der Waals surface area (Å²) in [5.41, 5.74) is 6.22. The van der Waals surface area contributed by atoms with E-state index < -0.39 is 0 Å². The third-order valence-corrected chi connectivity index (χ3v) is 4.28. The zero-order chi connectivity index (χ0) is 11.4. The summed E-state index contributed by atoms with van der Waals surface area (Å²) in [4.78, 5) is 3.84. The van der Waals surface area contributed by atoms with Crippen molar-refractivity contribution in [3.05, 3.63) is 22.4 Å². The van der Waals surface area contributed by atoms with E-state index in [1.807, 2.05) is 0 Å². The number of hydrogen-bond donors (Lipinski definition) is 2. The molecule has 0 aromatic carbocycles. The lowest BCUT2D eigenvalue weighted by Crippen LogP contribution is -2.48. The zero-order valence-electron chi connectivity index (χ0n) is 9.86. The van der Waals surface area contributed by atoms with Crippen LogP contribution in [0.4, 0.5) is 0 Å². The summed E-state index contributed by atoms with van der Waals surface area (Å²) < 4.78 is 0. The summed E-state index contributed by atoms with van der Waals surface area (Å²) in [6.45, 7) is 6.81. The second kappa shape index (κ2) is 5.77. The van der Waals surface area contributed by atoms with Crippen molar-refractivity contribution in [3.63, 3.8) is 0 Å². The molecule has 2 rings (SSSR count). The maximum Gasteiger partial charge on any atom is 0.0404 e. The average molecular weight is 239 g/mol. The summed E-state index contributed by atoms with van der Waals surface area (Å²) in [7, 11) is 0. The van der Waals surface area contributed by atoms with Crippen LogP contribution in [0.1, 0.15) is 24.3 Å². The van der Waals surface area contributed by atoms with Crippen LogP contribution < -0.4 is 11.1 Å². The molecule has 1 saturated heterocycles. The molecular weight excluding hydrogens is 218 g/mol. The van der Waals surface area contributed by atoms with Crippen molar-refractivity contribution >= 4 is 11.3 Å². The van der Waals surface area contributed by atoms with Crippen LogP contribution in [0.2, 0.25) is 0 Å². The number of nitrogens with one attached hydrogen (secondary N) is 1. The van der Waals surface area contributed by atoms with Crippen LogP contribution in [0.3, 0.4) is 0 Å². The fourth-order valence-corrected chi connectivity index (χ4v) is 3.00. The molecule has 0 bridgehead atoms. The molecule has 0 amide bonds. The molecule has 2 heterocycles. The molecule has 1 aliphatic rings. The number of thiophene rings is 1. The third kappa shape index (κ3) is 3.04. The van der Waals surface area contributed by atoms with E-state index in [1.54, 1.807) is 11.3 Å². The van der Waals surface area contributed by atoms with Crippen molar-refractivity contribution in [1.82, 2.24) is 10.2 Å². The van der Waals surface area contributed by atoms with Crippen LogP contribution in [-0.4, -0.2) is 37.1 Å². The van der Waals surface area contributed by atoms with Crippen molar-refractivity contribution in [3.8, 4) is 0 Å². The molecule has 3 nitrogen and oxygen atoms in total. The minimum atomic E-state index is 0.199. The molecule has 3 N–H and O–H groups in total. The normalized spacial score (nSPS) is 21.9. The van der Waals surface area contributed by atoms with E-state index >= 15 is 0 Å².